The minimum Gasteiger partial charge on any atom is -0.477 e. The van der Waals surface area contributed by atoms with Crippen LogP contribution in [0.15, 0.2) is 47.1 Å². The lowest BCUT2D eigenvalue weighted by atomic mass is 10.2. The van der Waals surface area contributed by atoms with E-state index >= 15 is 0 Å². The van der Waals surface area contributed by atoms with Gasteiger partial charge in [-0.3, -0.25) is 0 Å². The minimum atomic E-state index is 0.375. The summed E-state index contributed by atoms with van der Waals surface area (Å²) in [5.74, 6) is 1.35. The van der Waals surface area contributed by atoms with Gasteiger partial charge in [0.05, 0.1) is 6.61 Å². The van der Waals surface area contributed by atoms with Crippen LogP contribution < -0.4 is 4.74 Å². The Bertz CT molecular complexity index is 789. The van der Waals surface area contributed by atoms with E-state index in [0.717, 1.165) is 18.4 Å². The van der Waals surface area contributed by atoms with E-state index in [-0.39, 0.29) is 0 Å². The average molecular weight is 330 g/mol. The molecule has 118 valence electrons. The molecule has 3 aromatic rings. The smallest absolute Gasteiger partial charge is 0.263 e. The van der Waals surface area contributed by atoms with Crippen molar-refractivity contribution in [2.75, 3.05) is 6.61 Å². The van der Waals surface area contributed by atoms with Crippen molar-refractivity contribution in [1.29, 1.82) is 0 Å². The average Bonchev–Trinajstić information content (AvgIpc) is 3.05. The molecule has 5 nitrogen and oxygen atoms in total. The fourth-order valence-corrected chi connectivity index (χ4v) is 2.25. The zero-order valence-corrected chi connectivity index (χ0v) is 13.5. The molecule has 2 heterocycles. The van der Waals surface area contributed by atoms with Crippen molar-refractivity contribution in [3.63, 3.8) is 0 Å². The van der Waals surface area contributed by atoms with Crippen LogP contribution in [0.2, 0.25) is 5.02 Å². The number of rotatable bonds is 6. The van der Waals surface area contributed by atoms with Gasteiger partial charge in [-0.2, -0.15) is 4.98 Å². The molecular weight excluding hydrogens is 314 g/mol. The number of unbranched alkanes of at least 4 members (excludes halogenated alkanes) is 1. The van der Waals surface area contributed by atoms with E-state index in [1.165, 1.54) is 0 Å². The first kappa shape index (κ1) is 15.5. The molecule has 0 aliphatic carbocycles. The number of benzene rings is 1. The van der Waals surface area contributed by atoms with Crippen LogP contribution in [-0.4, -0.2) is 21.7 Å². The summed E-state index contributed by atoms with van der Waals surface area (Å²) >= 11 is 6.00. The van der Waals surface area contributed by atoms with Gasteiger partial charge in [0, 0.05) is 16.8 Å². The number of halogens is 1. The maximum absolute atomic E-state index is 6.00. The molecule has 0 aliphatic heterocycles. The van der Waals surface area contributed by atoms with E-state index in [0.29, 0.717) is 34.8 Å². The second-order valence-corrected chi connectivity index (χ2v) is 5.43. The summed E-state index contributed by atoms with van der Waals surface area (Å²) in [6.45, 7) is 2.72. The summed E-state index contributed by atoms with van der Waals surface area (Å²) in [4.78, 5) is 8.68. The van der Waals surface area contributed by atoms with Crippen LogP contribution in [0.1, 0.15) is 19.8 Å². The minimum absolute atomic E-state index is 0.375. The van der Waals surface area contributed by atoms with Crippen molar-refractivity contribution in [3.05, 3.63) is 47.6 Å². The highest BCUT2D eigenvalue weighted by Crippen LogP contribution is 2.29. The van der Waals surface area contributed by atoms with Crippen molar-refractivity contribution < 1.29 is 9.26 Å². The number of hydrogen-bond acceptors (Lipinski definition) is 5. The van der Waals surface area contributed by atoms with Gasteiger partial charge in [0.15, 0.2) is 0 Å². The lowest BCUT2D eigenvalue weighted by Gasteiger charge is -2.06. The fourth-order valence-electron chi connectivity index (χ4n) is 2.06. The van der Waals surface area contributed by atoms with Gasteiger partial charge in [-0.1, -0.05) is 42.2 Å². The van der Waals surface area contributed by atoms with Crippen molar-refractivity contribution in [1.82, 2.24) is 15.1 Å². The van der Waals surface area contributed by atoms with Crippen LogP contribution >= 0.6 is 11.6 Å². The Labute approximate surface area is 139 Å². The number of aromatic nitrogens is 3. The van der Waals surface area contributed by atoms with Gasteiger partial charge < -0.3 is 9.26 Å². The molecule has 3 rings (SSSR count). The van der Waals surface area contributed by atoms with Gasteiger partial charge in [-0.05, 0) is 30.7 Å². The zero-order valence-electron chi connectivity index (χ0n) is 12.7. The molecule has 0 amide bonds. The lowest BCUT2D eigenvalue weighted by Crippen LogP contribution is -2.00. The molecule has 0 N–H and O–H groups in total. The van der Waals surface area contributed by atoms with E-state index in [2.05, 4.69) is 22.0 Å². The molecule has 6 heteroatoms. The Kier molecular flexibility index (Phi) is 4.88. The predicted molar refractivity (Wildman–Crippen MR) is 88.4 cm³/mol. The molecule has 0 bridgehead atoms. The third-order valence-corrected chi connectivity index (χ3v) is 3.48. The summed E-state index contributed by atoms with van der Waals surface area (Å²) in [7, 11) is 0. The lowest BCUT2D eigenvalue weighted by molar-refractivity contribution is 0.297. The summed E-state index contributed by atoms with van der Waals surface area (Å²) in [5.41, 5.74) is 1.48. The maximum atomic E-state index is 6.00. The van der Waals surface area contributed by atoms with Crippen molar-refractivity contribution in [3.8, 4) is 28.7 Å². The molecule has 0 aliphatic rings. The van der Waals surface area contributed by atoms with Crippen LogP contribution in [0.25, 0.3) is 22.8 Å². The first-order chi connectivity index (χ1) is 11.3. The van der Waals surface area contributed by atoms with Crippen LogP contribution in [0.5, 0.6) is 5.88 Å². The molecule has 0 spiro atoms. The highest BCUT2D eigenvalue weighted by Gasteiger charge is 2.16. The van der Waals surface area contributed by atoms with Crippen molar-refractivity contribution in [2.24, 2.45) is 0 Å². The highest BCUT2D eigenvalue weighted by molar-refractivity contribution is 6.30. The Morgan fingerprint density at radius 2 is 2.13 bits per heavy atom. The Balaban J connectivity index is 1.88. The maximum Gasteiger partial charge on any atom is 0.263 e. The van der Waals surface area contributed by atoms with Crippen molar-refractivity contribution in [2.45, 2.75) is 19.8 Å². The number of pyridine rings is 1. The summed E-state index contributed by atoms with van der Waals surface area (Å²) in [5, 5.41) is 4.64. The van der Waals surface area contributed by atoms with Gasteiger partial charge in [0.2, 0.25) is 11.7 Å². The second kappa shape index (κ2) is 7.24. The summed E-state index contributed by atoms with van der Waals surface area (Å²) in [6, 6.07) is 11.0. The van der Waals surface area contributed by atoms with Gasteiger partial charge in [0.25, 0.3) is 5.89 Å². The Morgan fingerprint density at radius 3 is 2.96 bits per heavy atom. The highest BCUT2D eigenvalue weighted by atomic mass is 35.5. The molecule has 0 atom stereocenters. The van der Waals surface area contributed by atoms with Gasteiger partial charge in [0.1, 0.15) is 5.56 Å². The first-order valence-electron chi connectivity index (χ1n) is 7.45. The van der Waals surface area contributed by atoms with E-state index in [4.69, 9.17) is 20.9 Å². The largest absolute Gasteiger partial charge is 0.477 e. The summed E-state index contributed by atoms with van der Waals surface area (Å²) in [6.07, 6.45) is 3.70. The van der Waals surface area contributed by atoms with Gasteiger partial charge in [-0.15, -0.1) is 0 Å². The monoisotopic (exact) mass is 329 g/mol. The molecule has 1 aromatic carbocycles. The molecule has 0 saturated carbocycles. The number of ether oxygens (including phenoxy) is 1. The van der Waals surface area contributed by atoms with Crippen molar-refractivity contribution >= 4 is 11.6 Å². The van der Waals surface area contributed by atoms with Crippen LogP contribution in [0, 0.1) is 0 Å². The third-order valence-electron chi connectivity index (χ3n) is 3.25. The van der Waals surface area contributed by atoms with Crippen LogP contribution in [-0.2, 0) is 0 Å². The third kappa shape index (κ3) is 3.68. The molecule has 0 fully saturated rings. The fraction of sp³-hybridized carbons (Fsp3) is 0.235. The van der Waals surface area contributed by atoms with E-state index in [1.807, 2.05) is 24.3 Å². The Morgan fingerprint density at radius 1 is 1.22 bits per heavy atom. The molecular formula is C17H16ClN3O2. The molecule has 0 radical (unpaired) electrons. The number of nitrogens with zero attached hydrogens (tertiary/aromatic N) is 3. The zero-order chi connectivity index (χ0) is 16.1. The molecule has 2 aromatic heterocycles. The van der Waals surface area contributed by atoms with E-state index in [9.17, 15) is 0 Å². The van der Waals surface area contributed by atoms with Gasteiger partial charge in [-0.25, -0.2) is 4.98 Å². The predicted octanol–water partition coefficient (Wildman–Crippen LogP) is 4.63. The molecule has 23 heavy (non-hydrogen) atoms. The first-order valence-corrected chi connectivity index (χ1v) is 7.83. The van der Waals surface area contributed by atoms with Crippen LogP contribution in [0.4, 0.5) is 0 Å². The molecule has 0 unspecified atom stereocenters. The molecule has 0 saturated heterocycles. The SMILES string of the molecule is CCCCOc1ncccc1-c1nc(-c2cccc(Cl)c2)no1. The Hall–Kier alpha value is -2.40. The summed E-state index contributed by atoms with van der Waals surface area (Å²) < 4.78 is 11.1. The standard InChI is InChI=1S/C17H16ClN3O2/c1-2-3-10-22-16-14(8-5-9-19-16)17-20-15(21-23-17)12-6-4-7-13(18)11-12/h4-9,11H,2-3,10H2,1H3. The quantitative estimate of drug-likeness (QED) is 0.617. The topological polar surface area (TPSA) is 61.0 Å². The van der Waals surface area contributed by atoms with E-state index < -0.39 is 0 Å². The number of hydrogen-bond donors (Lipinski definition) is 0. The normalized spacial score (nSPS) is 10.7. The van der Waals surface area contributed by atoms with Crippen LogP contribution in [0.3, 0.4) is 0 Å². The van der Waals surface area contributed by atoms with Gasteiger partial charge >= 0.3 is 0 Å². The second-order valence-electron chi connectivity index (χ2n) is 4.99. The van der Waals surface area contributed by atoms with E-state index in [1.54, 1.807) is 18.3 Å².